The summed E-state index contributed by atoms with van der Waals surface area (Å²) in [6.45, 7) is 1.61. The van der Waals surface area contributed by atoms with Crippen molar-refractivity contribution in [1.29, 1.82) is 0 Å². The van der Waals surface area contributed by atoms with Crippen LogP contribution in [-0.2, 0) is 9.53 Å². The number of aliphatic hydroxyl groups excluding tert-OH is 3. The minimum absolute atomic E-state index is 0.319. The molecule has 11 heteroatoms. The number of halogens is 1. The maximum absolute atomic E-state index is 11.4. The Hall–Kier alpha value is -2.05. The molecular formula is C23H27ClN2O7S. The lowest BCUT2D eigenvalue weighted by Crippen LogP contribution is -2.61. The normalized spacial score (nSPS) is 26.2. The molecular weight excluding hydrogens is 484 g/mol. The van der Waals surface area contributed by atoms with Crippen LogP contribution < -0.4 is 9.64 Å². The van der Waals surface area contributed by atoms with Gasteiger partial charge in [0.15, 0.2) is 6.10 Å². The number of anilines is 2. The van der Waals surface area contributed by atoms with E-state index >= 15 is 0 Å². The summed E-state index contributed by atoms with van der Waals surface area (Å²) in [7, 11) is 4.03. The molecule has 9 nitrogen and oxygen atoms in total. The van der Waals surface area contributed by atoms with Crippen LogP contribution in [0.3, 0.4) is 0 Å². The van der Waals surface area contributed by atoms with Gasteiger partial charge in [0.05, 0.1) is 11.4 Å². The highest BCUT2D eigenvalue weighted by Crippen LogP contribution is 2.50. The molecule has 0 radical (unpaired) electrons. The predicted octanol–water partition coefficient (Wildman–Crippen LogP) is 2.17. The van der Waals surface area contributed by atoms with Crippen LogP contribution in [0.25, 0.3) is 0 Å². The number of carboxylic acid groups (broad SMARTS) is 1. The maximum Gasteiger partial charge on any atom is 0.335 e. The summed E-state index contributed by atoms with van der Waals surface area (Å²) in [6.07, 6.45) is -7.45. The first-order valence-electron chi connectivity index (χ1n) is 10.8. The number of carboxylic acids is 1. The molecule has 0 amide bonds. The summed E-state index contributed by atoms with van der Waals surface area (Å²) in [6, 6.07) is 11.1. The van der Waals surface area contributed by atoms with Gasteiger partial charge in [0.25, 0.3) is 0 Å². The van der Waals surface area contributed by atoms with Crippen molar-refractivity contribution < 1.29 is 34.7 Å². The number of benzene rings is 2. The molecule has 0 bridgehead atoms. The van der Waals surface area contributed by atoms with E-state index in [0.29, 0.717) is 10.8 Å². The summed E-state index contributed by atoms with van der Waals surface area (Å²) >= 11 is 7.89. The van der Waals surface area contributed by atoms with Gasteiger partial charge in [-0.15, -0.1) is 0 Å². The van der Waals surface area contributed by atoms with E-state index in [0.717, 1.165) is 40.7 Å². The molecule has 4 N–H and O–H groups in total. The minimum Gasteiger partial charge on any atom is -0.479 e. The first-order valence-corrected chi connectivity index (χ1v) is 12.0. The zero-order valence-corrected chi connectivity index (χ0v) is 20.2. The Morgan fingerprint density at radius 1 is 1.09 bits per heavy atom. The topological polar surface area (TPSA) is 123 Å². The van der Waals surface area contributed by atoms with Crippen molar-refractivity contribution in [3.8, 4) is 5.75 Å². The van der Waals surface area contributed by atoms with Gasteiger partial charge in [-0.25, -0.2) is 4.79 Å². The van der Waals surface area contributed by atoms with Gasteiger partial charge in [0.1, 0.15) is 24.1 Å². The van der Waals surface area contributed by atoms with E-state index < -0.39 is 36.7 Å². The Morgan fingerprint density at radius 2 is 1.76 bits per heavy atom. The molecule has 2 aliphatic heterocycles. The van der Waals surface area contributed by atoms with Crippen molar-refractivity contribution in [3.63, 3.8) is 0 Å². The average molecular weight is 511 g/mol. The average Bonchev–Trinajstić information content (AvgIpc) is 2.79. The van der Waals surface area contributed by atoms with Crippen molar-refractivity contribution in [2.24, 2.45) is 0 Å². The molecule has 1 saturated heterocycles. The van der Waals surface area contributed by atoms with Crippen LogP contribution in [0.15, 0.2) is 46.2 Å². The quantitative estimate of drug-likeness (QED) is 0.440. The molecule has 5 atom stereocenters. The van der Waals surface area contributed by atoms with E-state index in [9.17, 15) is 25.2 Å². The van der Waals surface area contributed by atoms with Crippen LogP contribution in [-0.4, -0.2) is 89.2 Å². The minimum atomic E-state index is -1.78. The Morgan fingerprint density at radius 3 is 2.44 bits per heavy atom. The Balaban J connectivity index is 1.62. The van der Waals surface area contributed by atoms with Gasteiger partial charge < -0.3 is 39.7 Å². The molecule has 2 heterocycles. The first kappa shape index (κ1) is 25.1. The van der Waals surface area contributed by atoms with Gasteiger partial charge in [-0.05, 0) is 57.4 Å². The summed E-state index contributed by atoms with van der Waals surface area (Å²) in [5.41, 5.74) is 1.84. The van der Waals surface area contributed by atoms with Gasteiger partial charge in [-0.2, -0.15) is 0 Å². The van der Waals surface area contributed by atoms with Crippen LogP contribution in [0.1, 0.15) is 6.42 Å². The van der Waals surface area contributed by atoms with Gasteiger partial charge in [-0.3, -0.25) is 0 Å². The molecule has 0 unspecified atom stereocenters. The number of hydrogen-bond donors (Lipinski definition) is 4. The van der Waals surface area contributed by atoms with Gasteiger partial charge in [0.2, 0.25) is 6.29 Å². The van der Waals surface area contributed by atoms with Crippen molar-refractivity contribution in [2.75, 3.05) is 32.1 Å². The molecule has 0 spiro atoms. The van der Waals surface area contributed by atoms with Crippen LogP contribution >= 0.6 is 23.4 Å². The van der Waals surface area contributed by atoms with E-state index in [1.165, 1.54) is 0 Å². The number of rotatable bonds is 7. The number of carbonyl (C=O) groups is 1. The van der Waals surface area contributed by atoms with E-state index in [2.05, 4.69) is 9.80 Å². The fraction of sp³-hybridized carbons (Fsp3) is 0.435. The second kappa shape index (κ2) is 10.3. The lowest BCUT2D eigenvalue weighted by molar-refractivity contribution is -0.271. The molecule has 2 aromatic rings. The molecule has 0 aromatic heterocycles. The second-order valence-electron chi connectivity index (χ2n) is 8.51. The summed E-state index contributed by atoms with van der Waals surface area (Å²) in [4.78, 5) is 17.7. The lowest BCUT2D eigenvalue weighted by Gasteiger charge is -2.38. The smallest absolute Gasteiger partial charge is 0.335 e. The number of nitrogens with zero attached hydrogens (tertiary/aromatic N) is 2. The van der Waals surface area contributed by atoms with Gasteiger partial charge in [0, 0.05) is 27.4 Å². The Kier molecular flexibility index (Phi) is 7.58. The van der Waals surface area contributed by atoms with E-state index in [1.807, 2.05) is 38.4 Å². The third kappa shape index (κ3) is 5.13. The highest BCUT2D eigenvalue weighted by atomic mass is 35.5. The van der Waals surface area contributed by atoms with Crippen LogP contribution in [0.4, 0.5) is 11.4 Å². The Bertz CT molecular complexity index is 1060. The van der Waals surface area contributed by atoms with Crippen molar-refractivity contribution in [2.45, 2.75) is 46.9 Å². The summed E-state index contributed by atoms with van der Waals surface area (Å²) in [5.74, 6) is -1.14. The zero-order valence-electron chi connectivity index (χ0n) is 18.7. The molecule has 2 aliphatic rings. The second-order valence-corrected chi connectivity index (χ2v) is 10.0. The molecule has 2 aromatic carbocycles. The van der Waals surface area contributed by atoms with E-state index in [-0.39, 0.29) is 0 Å². The SMILES string of the molecule is CN(C)CCCN1c2cc(Cl)ccc2Sc2ccc(O[C@@H]3O[C@H](C(=O)O)[C@@H](O)[C@H](O)[C@H]3O)cc21. The molecule has 4 rings (SSSR count). The Labute approximate surface area is 206 Å². The first-order chi connectivity index (χ1) is 16.2. The number of fused-ring (bicyclic) bond motifs is 2. The fourth-order valence-electron chi connectivity index (χ4n) is 3.97. The number of aliphatic hydroxyl groups is 3. The fourth-order valence-corrected chi connectivity index (χ4v) is 5.20. The monoisotopic (exact) mass is 510 g/mol. The third-order valence-corrected chi connectivity index (χ3v) is 7.07. The van der Waals surface area contributed by atoms with Gasteiger partial charge >= 0.3 is 5.97 Å². The number of ether oxygens (including phenoxy) is 2. The zero-order chi connectivity index (χ0) is 24.6. The number of aliphatic carboxylic acids is 1. The standard InChI is InChI=1S/C23H27ClN2O7S/c1-25(2)8-3-9-26-14-10-12(24)4-6-16(14)34-17-7-5-13(11-15(17)26)32-23-20(29)18(27)19(28)21(33-23)22(30)31/h4-7,10-11,18-21,23,27-29H,3,8-9H2,1-2H3,(H,30,31)/t18-,19-,20+,21-,23+/m0/s1. The summed E-state index contributed by atoms with van der Waals surface area (Å²) < 4.78 is 11.0. The van der Waals surface area contributed by atoms with Crippen molar-refractivity contribution >= 4 is 40.7 Å². The maximum atomic E-state index is 11.4. The predicted molar refractivity (Wildman–Crippen MR) is 127 cm³/mol. The molecule has 184 valence electrons. The molecule has 0 aliphatic carbocycles. The number of hydrogen-bond acceptors (Lipinski definition) is 9. The van der Waals surface area contributed by atoms with Crippen LogP contribution in [0.2, 0.25) is 5.02 Å². The van der Waals surface area contributed by atoms with Crippen LogP contribution in [0.5, 0.6) is 5.75 Å². The van der Waals surface area contributed by atoms with Gasteiger partial charge in [-0.1, -0.05) is 23.4 Å². The largest absolute Gasteiger partial charge is 0.479 e. The van der Waals surface area contributed by atoms with E-state index in [1.54, 1.807) is 23.9 Å². The third-order valence-electron chi connectivity index (χ3n) is 5.71. The van der Waals surface area contributed by atoms with Crippen molar-refractivity contribution in [3.05, 3.63) is 41.4 Å². The van der Waals surface area contributed by atoms with E-state index in [4.69, 9.17) is 21.1 Å². The summed E-state index contributed by atoms with van der Waals surface area (Å²) in [5, 5.41) is 40.2. The highest BCUT2D eigenvalue weighted by molar-refractivity contribution is 7.99. The molecule has 1 fully saturated rings. The molecule has 34 heavy (non-hydrogen) atoms. The van der Waals surface area contributed by atoms with Crippen molar-refractivity contribution in [1.82, 2.24) is 4.90 Å². The highest BCUT2D eigenvalue weighted by Gasteiger charge is 2.48. The molecule has 0 saturated carbocycles. The van der Waals surface area contributed by atoms with Crippen LogP contribution in [0, 0.1) is 0 Å². The lowest BCUT2D eigenvalue weighted by atomic mass is 9.99.